The van der Waals surface area contributed by atoms with Crippen LogP contribution in [0.1, 0.15) is 48.5 Å². The van der Waals surface area contributed by atoms with E-state index in [4.69, 9.17) is 11.6 Å². The molecule has 1 nitrogen and oxygen atoms in total. The third-order valence-electron chi connectivity index (χ3n) is 4.19. The van der Waals surface area contributed by atoms with Gasteiger partial charge in [0.25, 0.3) is 0 Å². The van der Waals surface area contributed by atoms with Crippen LogP contribution in [0.25, 0.3) is 0 Å². The molecule has 3 rings (SSSR count). The predicted octanol–water partition coefficient (Wildman–Crippen LogP) is 5.07. The lowest BCUT2D eigenvalue weighted by atomic mass is 9.87. The van der Waals surface area contributed by atoms with Crippen molar-refractivity contribution in [1.82, 2.24) is 5.32 Å². The van der Waals surface area contributed by atoms with Gasteiger partial charge in [-0.05, 0) is 55.0 Å². The van der Waals surface area contributed by atoms with Crippen LogP contribution in [-0.4, -0.2) is 0 Å². The van der Waals surface area contributed by atoms with Gasteiger partial charge in [0.2, 0.25) is 0 Å². The number of benzene rings is 2. The van der Waals surface area contributed by atoms with E-state index in [1.807, 2.05) is 12.1 Å². The van der Waals surface area contributed by atoms with E-state index in [1.165, 1.54) is 36.0 Å². The predicted molar refractivity (Wildman–Crippen MR) is 85.1 cm³/mol. The third kappa shape index (κ3) is 2.89. The van der Waals surface area contributed by atoms with Crippen LogP contribution in [0.2, 0.25) is 5.02 Å². The SMILES string of the molecule is C[C@@H](NC1CCCc2ccccc21)c1ccc(Cl)cc1. The van der Waals surface area contributed by atoms with Gasteiger partial charge >= 0.3 is 0 Å². The van der Waals surface area contributed by atoms with E-state index in [-0.39, 0.29) is 0 Å². The Kier molecular flexibility index (Phi) is 4.09. The van der Waals surface area contributed by atoms with E-state index >= 15 is 0 Å². The fraction of sp³-hybridized carbons (Fsp3) is 0.333. The van der Waals surface area contributed by atoms with Gasteiger partial charge in [-0.2, -0.15) is 0 Å². The van der Waals surface area contributed by atoms with Crippen molar-refractivity contribution < 1.29 is 0 Å². The Balaban J connectivity index is 1.77. The number of halogens is 1. The molecule has 0 saturated carbocycles. The summed E-state index contributed by atoms with van der Waals surface area (Å²) < 4.78 is 0. The molecule has 0 radical (unpaired) electrons. The second-order valence-corrected chi connectivity index (χ2v) is 6.02. The van der Waals surface area contributed by atoms with E-state index in [0.29, 0.717) is 12.1 Å². The second-order valence-electron chi connectivity index (χ2n) is 5.58. The Labute approximate surface area is 126 Å². The summed E-state index contributed by atoms with van der Waals surface area (Å²) in [5.74, 6) is 0. The molecule has 0 fully saturated rings. The van der Waals surface area contributed by atoms with Crippen LogP contribution in [0.4, 0.5) is 0 Å². The number of aryl methyl sites for hydroxylation is 1. The molecule has 2 aromatic carbocycles. The molecule has 0 heterocycles. The Bertz CT molecular complexity index is 576. The van der Waals surface area contributed by atoms with Crippen molar-refractivity contribution in [3.05, 3.63) is 70.2 Å². The lowest BCUT2D eigenvalue weighted by molar-refractivity contribution is 0.415. The Hall–Kier alpha value is -1.31. The molecule has 2 atom stereocenters. The Morgan fingerprint density at radius 1 is 1.10 bits per heavy atom. The minimum Gasteiger partial charge on any atom is -0.303 e. The van der Waals surface area contributed by atoms with Gasteiger partial charge in [-0.1, -0.05) is 48.0 Å². The highest BCUT2D eigenvalue weighted by Crippen LogP contribution is 2.31. The van der Waals surface area contributed by atoms with E-state index < -0.39 is 0 Å². The highest BCUT2D eigenvalue weighted by Gasteiger charge is 2.21. The van der Waals surface area contributed by atoms with Gasteiger partial charge in [0.05, 0.1) is 0 Å². The first-order valence-electron chi connectivity index (χ1n) is 7.33. The zero-order valence-electron chi connectivity index (χ0n) is 11.8. The molecule has 0 aliphatic heterocycles. The largest absolute Gasteiger partial charge is 0.303 e. The van der Waals surface area contributed by atoms with E-state index in [2.05, 4.69) is 48.6 Å². The monoisotopic (exact) mass is 285 g/mol. The molecule has 1 N–H and O–H groups in total. The zero-order chi connectivity index (χ0) is 13.9. The van der Waals surface area contributed by atoms with E-state index in [1.54, 1.807) is 0 Å². The van der Waals surface area contributed by atoms with Crippen molar-refractivity contribution in [2.45, 2.75) is 38.3 Å². The Morgan fingerprint density at radius 3 is 2.65 bits per heavy atom. The summed E-state index contributed by atoms with van der Waals surface area (Å²) in [5, 5.41) is 4.56. The number of hydrogen-bond acceptors (Lipinski definition) is 1. The maximum Gasteiger partial charge on any atom is 0.0406 e. The molecule has 0 saturated heterocycles. The maximum absolute atomic E-state index is 5.95. The number of hydrogen-bond donors (Lipinski definition) is 1. The fourth-order valence-corrected chi connectivity index (χ4v) is 3.20. The lowest BCUT2D eigenvalue weighted by Gasteiger charge is -2.29. The first-order chi connectivity index (χ1) is 9.74. The van der Waals surface area contributed by atoms with Gasteiger partial charge in [0, 0.05) is 17.1 Å². The van der Waals surface area contributed by atoms with Crippen LogP contribution in [0.3, 0.4) is 0 Å². The summed E-state index contributed by atoms with van der Waals surface area (Å²) in [7, 11) is 0. The summed E-state index contributed by atoms with van der Waals surface area (Å²) in [6.07, 6.45) is 3.70. The molecule has 1 aliphatic carbocycles. The van der Waals surface area contributed by atoms with Gasteiger partial charge in [-0.15, -0.1) is 0 Å². The molecule has 0 bridgehead atoms. The summed E-state index contributed by atoms with van der Waals surface area (Å²) in [6, 6.07) is 17.7. The molecular weight excluding hydrogens is 266 g/mol. The van der Waals surface area contributed by atoms with Crippen molar-refractivity contribution in [2.75, 3.05) is 0 Å². The first kappa shape index (κ1) is 13.7. The van der Waals surface area contributed by atoms with Crippen LogP contribution < -0.4 is 5.32 Å². The van der Waals surface area contributed by atoms with E-state index in [0.717, 1.165) is 5.02 Å². The minimum atomic E-state index is 0.337. The van der Waals surface area contributed by atoms with Crippen molar-refractivity contribution in [2.24, 2.45) is 0 Å². The number of fused-ring (bicyclic) bond motifs is 1. The van der Waals surface area contributed by atoms with Crippen LogP contribution in [0.5, 0.6) is 0 Å². The van der Waals surface area contributed by atoms with Gasteiger partial charge in [-0.3, -0.25) is 0 Å². The zero-order valence-corrected chi connectivity index (χ0v) is 12.5. The number of rotatable bonds is 3. The standard InChI is InChI=1S/C18H20ClN/c1-13(14-9-11-16(19)12-10-14)20-18-8-4-6-15-5-2-3-7-17(15)18/h2-3,5,7,9-13,18,20H,4,6,8H2,1H3/t13-,18?/m1/s1. The van der Waals surface area contributed by atoms with Crippen LogP contribution in [0, 0.1) is 0 Å². The average Bonchev–Trinajstić information content (AvgIpc) is 2.48. The number of nitrogens with one attached hydrogen (secondary N) is 1. The average molecular weight is 286 g/mol. The summed E-state index contributed by atoms with van der Waals surface area (Å²) in [5.41, 5.74) is 4.26. The maximum atomic E-state index is 5.95. The topological polar surface area (TPSA) is 12.0 Å². The third-order valence-corrected chi connectivity index (χ3v) is 4.44. The van der Waals surface area contributed by atoms with Gasteiger partial charge in [-0.25, -0.2) is 0 Å². The lowest BCUT2D eigenvalue weighted by Crippen LogP contribution is -2.27. The van der Waals surface area contributed by atoms with Crippen LogP contribution in [0.15, 0.2) is 48.5 Å². The smallest absolute Gasteiger partial charge is 0.0406 e. The molecule has 0 aromatic heterocycles. The fourth-order valence-electron chi connectivity index (χ4n) is 3.08. The minimum absolute atomic E-state index is 0.337. The summed E-state index contributed by atoms with van der Waals surface area (Å²) in [6.45, 7) is 2.22. The molecule has 1 unspecified atom stereocenters. The van der Waals surface area contributed by atoms with Crippen molar-refractivity contribution in [3.63, 3.8) is 0 Å². The van der Waals surface area contributed by atoms with Crippen molar-refractivity contribution >= 4 is 11.6 Å². The summed E-state index contributed by atoms with van der Waals surface area (Å²) in [4.78, 5) is 0. The molecule has 104 valence electrons. The highest BCUT2D eigenvalue weighted by molar-refractivity contribution is 6.30. The van der Waals surface area contributed by atoms with Crippen LogP contribution in [-0.2, 0) is 6.42 Å². The van der Waals surface area contributed by atoms with E-state index in [9.17, 15) is 0 Å². The van der Waals surface area contributed by atoms with Gasteiger partial charge in [0.15, 0.2) is 0 Å². The van der Waals surface area contributed by atoms with Gasteiger partial charge in [0.1, 0.15) is 0 Å². The molecule has 20 heavy (non-hydrogen) atoms. The molecular formula is C18H20ClN. The molecule has 0 spiro atoms. The molecule has 2 aromatic rings. The normalized spacial score (nSPS) is 19.4. The molecule has 1 aliphatic rings. The molecule has 0 amide bonds. The Morgan fingerprint density at radius 2 is 1.85 bits per heavy atom. The van der Waals surface area contributed by atoms with Gasteiger partial charge < -0.3 is 5.32 Å². The second kappa shape index (κ2) is 5.99. The van der Waals surface area contributed by atoms with Crippen molar-refractivity contribution in [3.8, 4) is 0 Å². The highest BCUT2D eigenvalue weighted by atomic mass is 35.5. The quantitative estimate of drug-likeness (QED) is 0.830. The van der Waals surface area contributed by atoms with Crippen molar-refractivity contribution in [1.29, 1.82) is 0 Å². The first-order valence-corrected chi connectivity index (χ1v) is 7.71. The van der Waals surface area contributed by atoms with Crippen LogP contribution >= 0.6 is 11.6 Å². The summed E-state index contributed by atoms with van der Waals surface area (Å²) >= 11 is 5.95. The molecule has 2 heteroatoms.